The molecule has 0 saturated heterocycles. The molecule has 0 atom stereocenters. The van der Waals surface area contributed by atoms with Gasteiger partial charge < -0.3 is 9.64 Å². The Hall–Kier alpha value is -2.07. The zero-order valence-corrected chi connectivity index (χ0v) is 11.9. The van der Waals surface area contributed by atoms with E-state index in [9.17, 15) is 4.79 Å². The Morgan fingerprint density at radius 3 is 2.75 bits per heavy atom. The second kappa shape index (κ2) is 6.91. The van der Waals surface area contributed by atoms with Crippen LogP contribution in [0.4, 0.5) is 0 Å². The molecular weight excluding hydrogens is 276 g/mol. The van der Waals surface area contributed by atoms with Gasteiger partial charge in [-0.05, 0) is 18.2 Å². The second-order valence-corrected chi connectivity index (χ2v) is 4.65. The maximum absolute atomic E-state index is 12.2. The summed E-state index contributed by atoms with van der Waals surface area (Å²) in [7, 11) is 1.72. The predicted molar refractivity (Wildman–Crippen MR) is 78.1 cm³/mol. The first-order chi connectivity index (χ1) is 9.68. The molecule has 0 fully saturated rings. The first-order valence-electron chi connectivity index (χ1n) is 6.21. The molecule has 0 aliphatic carbocycles. The number of hydrogen-bond acceptors (Lipinski definition) is 3. The van der Waals surface area contributed by atoms with Crippen molar-refractivity contribution in [3.63, 3.8) is 0 Å². The van der Waals surface area contributed by atoms with E-state index in [0.29, 0.717) is 23.7 Å². The minimum Gasteiger partial charge on any atom is -0.492 e. The van der Waals surface area contributed by atoms with Gasteiger partial charge in [-0.25, -0.2) is 0 Å². The highest BCUT2D eigenvalue weighted by atomic mass is 35.5. The maximum atomic E-state index is 12.2. The van der Waals surface area contributed by atoms with E-state index in [2.05, 4.69) is 4.98 Å². The van der Waals surface area contributed by atoms with Crippen LogP contribution in [0.1, 0.15) is 10.4 Å². The number of nitrogens with zero attached hydrogens (tertiary/aromatic N) is 2. The van der Waals surface area contributed by atoms with Crippen molar-refractivity contribution >= 4 is 17.5 Å². The van der Waals surface area contributed by atoms with Crippen LogP contribution in [-0.4, -0.2) is 36.0 Å². The van der Waals surface area contributed by atoms with Gasteiger partial charge in [0.25, 0.3) is 5.91 Å². The molecule has 0 radical (unpaired) electrons. The van der Waals surface area contributed by atoms with Crippen LogP contribution in [0.25, 0.3) is 0 Å². The van der Waals surface area contributed by atoms with Crippen molar-refractivity contribution in [1.29, 1.82) is 0 Å². The third-order valence-corrected chi connectivity index (χ3v) is 3.09. The largest absolute Gasteiger partial charge is 0.492 e. The lowest BCUT2D eigenvalue weighted by atomic mass is 10.2. The number of para-hydroxylation sites is 1. The lowest BCUT2D eigenvalue weighted by Crippen LogP contribution is -2.31. The maximum Gasteiger partial charge on any atom is 0.255 e. The quantitative estimate of drug-likeness (QED) is 0.850. The Labute approximate surface area is 123 Å². The van der Waals surface area contributed by atoms with Crippen LogP contribution in [0, 0.1) is 0 Å². The van der Waals surface area contributed by atoms with E-state index in [1.54, 1.807) is 24.2 Å². The summed E-state index contributed by atoms with van der Waals surface area (Å²) in [5.41, 5.74) is 0.448. The Morgan fingerprint density at radius 2 is 2.05 bits per heavy atom. The average molecular weight is 291 g/mol. The molecule has 1 amide bonds. The molecule has 4 nitrogen and oxygen atoms in total. The number of carbonyl (C=O) groups is 1. The summed E-state index contributed by atoms with van der Waals surface area (Å²) in [6.07, 6.45) is 3.01. The lowest BCUT2D eigenvalue weighted by Gasteiger charge is -2.18. The Bertz CT molecular complexity index is 575. The molecule has 0 N–H and O–H groups in total. The Balaban J connectivity index is 1.87. The van der Waals surface area contributed by atoms with Crippen LogP contribution in [0.15, 0.2) is 48.8 Å². The molecule has 1 aromatic carbocycles. The van der Waals surface area contributed by atoms with Crippen LogP contribution in [0.3, 0.4) is 0 Å². The van der Waals surface area contributed by atoms with Crippen molar-refractivity contribution in [2.45, 2.75) is 0 Å². The number of hydrogen-bond donors (Lipinski definition) is 0. The van der Waals surface area contributed by atoms with Crippen LogP contribution < -0.4 is 4.74 Å². The van der Waals surface area contributed by atoms with Gasteiger partial charge in [0.2, 0.25) is 0 Å². The molecule has 0 spiro atoms. The fourth-order valence-electron chi connectivity index (χ4n) is 1.67. The zero-order chi connectivity index (χ0) is 14.4. The van der Waals surface area contributed by atoms with Crippen molar-refractivity contribution in [2.24, 2.45) is 0 Å². The number of pyridine rings is 1. The highest BCUT2D eigenvalue weighted by Gasteiger charge is 2.14. The van der Waals surface area contributed by atoms with Crippen molar-refractivity contribution in [3.8, 4) is 5.75 Å². The minimum atomic E-state index is -0.144. The molecule has 0 unspecified atom stereocenters. The molecule has 0 saturated carbocycles. The topological polar surface area (TPSA) is 42.4 Å². The molecule has 20 heavy (non-hydrogen) atoms. The number of benzene rings is 1. The molecule has 0 bridgehead atoms. The van der Waals surface area contributed by atoms with E-state index < -0.39 is 0 Å². The third kappa shape index (κ3) is 3.71. The summed E-state index contributed by atoms with van der Waals surface area (Å²) in [5, 5.41) is 0.355. The molecule has 2 aromatic rings. The fraction of sp³-hybridized carbons (Fsp3) is 0.200. The summed E-state index contributed by atoms with van der Waals surface area (Å²) in [6, 6.07) is 11.1. The van der Waals surface area contributed by atoms with Gasteiger partial charge in [0.05, 0.1) is 17.1 Å². The molecule has 0 aliphatic heterocycles. The van der Waals surface area contributed by atoms with Gasteiger partial charge in [0.15, 0.2) is 0 Å². The van der Waals surface area contributed by atoms with Crippen LogP contribution in [-0.2, 0) is 0 Å². The SMILES string of the molecule is CN(CCOc1ccccc1)C(=O)c1ccncc1Cl. The van der Waals surface area contributed by atoms with E-state index in [0.717, 1.165) is 5.75 Å². The number of carbonyl (C=O) groups excluding carboxylic acids is 1. The number of likely N-dealkylation sites (N-methyl/N-ethyl adjacent to an activating group) is 1. The summed E-state index contributed by atoms with van der Waals surface area (Å²) < 4.78 is 5.55. The van der Waals surface area contributed by atoms with Gasteiger partial charge in [-0.1, -0.05) is 29.8 Å². The van der Waals surface area contributed by atoms with Gasteiger partial charge >= 0.3 is 0 Å². The molecule has 5 heteroatoms. The average Bonchev–Trinajstić information content (AvgIpc) is 2.48. The first kappa shape index (κ1) is 14.3. The highest BCUT2D eigenvalue weighted by molar-refractivity contribution is 6.33. The monoisotopic (exact) mass is 290 g/mol. The summed E-state index contributed by atoms with van der Waals surface area (Å²) in [5.74, 6) is 0.643. The van der Waals surface area contributed by atoms with Gasteiger partial charge in [0, 0.05) is 19.4 Å². The Morgan fingerprint density at radius 1 is 1.30 bits per heavy atom. The summed E-state index contributed by atoms with van der Waals surface area (Å²) in [4.78, 5) is 17.6. The molecule has 2 rings (SSSR count). The van der Waals surface area contributed by atoms with E-state index >= 15 is 0 Å². The van der Waals surface area contributed by atoms with Gasteiger partial charge in [-0.15, -0.1) is 0 Å². The summed E-state index contributed by atoms with van der Waals surface area (Å²) >= 11 is 5.95. The number of amides is 1. The van der Waals surface area contributed by atoms with Gasteiger partial charge in [0.1, 0.15) is 12.4 Å². The van der Waals surface area contributed by atoms with Crippen molar-refractivity contribution < 1.29 is 9.53 Å². The first-order valence-corrected chi connectivity index (χ1v) is 6.59. The molecule has 1 heterocycles. The lowest BCUT2D eigenvalue weighted by molar-refractivity contribution is 0.0774. The minimum absolute atomic E-state index is 0.144. The molecular formula is C15H15ClN2O2. The van der Waals surface area contributed by atoms with Crippen LogP contribution >= 0.6 is 11.6 Å². The van der Waals surface area contributed by atoms with Gasteiger partial charge in [-0.3, -0.25) is 9.78 Å². The van der Waals surface area contributed by atoms with Crippen LogP contribution in [0.5, 0.6) is 5.75 Å². The van der Waals surface area contributed by atoms with Crippen molar-refractivity contribution in [1.82, 2.24) is 9.88 Å². The normalized spacial score (nSPS) is 10.1. The number of aromatic nitrogens is 1. The summed E-state index contributed by atoms with van der Waals surface area (Å²) in [6.45, 7) is 0.904. The van der Waals surface area contributed by atoms with E-state index in [1.807, 2.05) is 30.3 Å². The standard InChI is InChI=1S/C15H15ClN2O2/c1-18(9-10-20-12-5-3-2-4-6-12)15(19)13-7-8-17-11-14(13)16/h2-8,11H,9-10H2,1H3. The molecule has 1 aromatic heterocycles. The fourth-order valence-corrected chi connectivity index (χ4v) is 1.87. The third-order valence-electron chi connectivity index (χ3n) is 2.79. The molecule has 104 valence electrons. The zero-order valence-electron chi connectivity index (χ0n) is 11.1. The van der Waals surface area contributed by atoms with Crippen molar-refractivity contribution in [2.75, 3.05) is 20.2 Å². The predicted octanol–water partition coefficient (Wildman–Crippen LogP) is 2.89. The van der Waals surface area contributed by atoms with E-state index in [4.69, 9.17) is 16.3 Å². The molecule has 0 aliphatic rings. The highest BCUT2D eigenvalue weighted by Crippen LogP contribution is 2.15. The van der Waals surface area contributed by atoms with E-state index in [-0.39, 0.29) is 5.91 Å². The van der Waals surface area contributed by atoms with Gasteiger partial charge in [-0.2, -0.15) is 0 Å². The number of halogens is 1. The Kier molecular flexibility index (Phi) is 4.96. The number of rotatable bonds is 5. The van der Waals surface area contributed by atoms with Crippen LogP contribution in [0.2, 0.25) is 5.02 Å². The second-order valence-electron chi connectivity index (χ2n) is 4.24. The smallest absolute Gasteiger partial charge is 0.255 e. The van der Waals surface area contributed by atoms with E-state index in [1.165, 1.54) is 6.20 Å². The van der Waals surface area contributed by atoms with Crippen molar-refractivity contribution in [3.05, 3.63) is 59.4 Å². The number of ether oxygens (including phenoxy) is 1.